The monoisotopic (exact) mass is 322 g/mol. The number of hydrogen-bond donors (Lipinski definition) is 0. The highest BCUT2D eigenvalue weighted by atomic mass is 19.4. The fraction of sp³-hybridized carbons (Fsp3) is 0.133. The van der Waals surface area contributed by atoms with Crippen LogP contribution in [-0.2, 0) is 12.7 Å². The summed E-state index contributed by atoms with van der Waals surface area (Å²) in [6.07, 6.45) is 0.832. The summed E-state index contributed by atoms with van der Waals surface area (Å²) in [5.74, 6) is -0.355. The Labute approximate surface area is 128 Å². The lowest BCUT2D eigenvalue weighted by atomic mass is 10.1. The van der Waals surface area contributed by atoms with Gasteiger partial charge in [0.1, 0.15) is 17.8 Å². The summed E-state index contributed by atoms with van der Waals surface area (Å²) < 4.78 is 52.1. The fourth-order valence-electron chi connectivity index (χ4n) is 2.05. The maximum Gasteiger partial charge on any atom is 0.433 e. The van der Waals surface area contributed by atoms with Gasteiger partial charge in [0.2, 0.25) is 0 Å². The summed E-state index contributed by atoms with van der Waals surface area (Å²) in [4.78, 5) is 11.5. The molecule has 0 N–H and O–H groups in total. The molecule has 0 unspecified atom stereocenters. The first kappa shape index (κ1) is 15.1. The van der Waals surface area contributed by atoms with Crippen LogP contribution in [0.3, 0.4) is 0 Å². The molecule has 0 aliphatic carbocycles. The molecule has 23 heavy (non-hydrogen) atoms. The molecule has 0 radical (unpaired) electrons. The number of hydrogen-bond acceptors (Lipinski definition) is 3. The van der Waals surface area contributed by atoms with Gasteiger partial charge in [0.15, 0.2) is 0 Å². The zero-order valence-electron chi connectivity index (χ0n) is 11.6. The first-order chi connectivity index (χ1) is 10.9. The molecule has 0 aromatic carbocycles. The zero-order chi connectivity index (χ0) is 16.4. The molecule has 0 bridgehead atoms. The van der Waals surface area contributed by atoms with Gasteiger partial charge >= 0.3 is 6.18 Å². The lowest BCUT2D eigenvalue weighted by molar-refractivity contribution is -0.141. The van der Waals surface area contributed by atoms with Crippen LogP contribution in [0.4, 0.5) is 17.6 Å². The fourth-order valence-corrected chi connectivity index (χ4v) is 2.05. The van der Waals surface area contributed by atoms with E-state index in [1.165, 1.54) is 24.7 Å². The van der Waals surface area contributed by atoms with Crippen LogP contribution in [0.5, 0.6) is 0 Å². The van der Waals surface area contributed by atoms with Gasteiger partial charge in [0.25, 0.3) is 0 Å². The van der Waals surface area contributed by atoms with E-state index in [4.69, 9.17) is 0 Å². The number of alkyl halides is 3. The number of aromatic nitrogens is 4. The third kappa shape index (κ3) is 3.53. The Hall–Kier alpha value is -2.77. The van der Waals surface area contributed by atoms with Crippen molar-refractivity contribution in [3.63, 3.8) is 0 Å². The van der Waals surface area contributed by atoms with Crippen molar-refractivity contribution in [3.05, 3.63) is 66.4 Å². The van der Waals surface area contributed by atoms with Crippen LogP contribution in [0.25, 0.3) is 11.3 Å². The van der Waals surface area contributed by atoms with Gasteiger partial charge in [-0.25, -0.2) is 14.4 Å². The lowest BCUT2D eigenvalue weighted by Gasteiger charge is -2.07. The molecule has 0 amide bonds. The first-order valence-electron chi connectivity index (χ1n) is 6.57. The molecular weight excluding hydrogens is 312 g/mol. The third-order valence-corrected chi connectivity index (χ3v) is 3.13. The van der Waals surface area contributed by atoms with E-state index in [1.807, 2.05) is 0 Å². The second-order valence-electron chi connectivity index (χ2n) is 4.83. The Bertz CT molecular complexity index is 809. The van der Waals surface area contributed by atoms with Gasteiger partial charge in [-0.1, -0.05) is 0 Å². The molecule has 3 aromatic rings. The summed E-state index contributed by atoms with van der Waals surface area (Å²) in [5, 5.41) is 0. The molecule has 0 fully saturated rings. The van der Waals surface area contributed by atoms with Crippen LogP contribution >= 0.6 is 0 Å². The predicted molar refractivity (Wildman–Crippen MR) is 73.8 cm³/mol. The second-order valence-corrected chi connectivity index (χ2v) is 4.83. The predicted octanol–water partition coefficient (Wildman–Crippen LogP) is 3.55. The highest BCUT2D eigenvalue weighted by Crippen LogP contribution is 2.28. The standard InChI is InChI=1S/C15H10F4N4/c16-11-3-4-23(7-11)8-12-5-13(22-9-21-12)10-1-2-14(20-6-10)15(17,18)19/h1-7,9H,8H2. The molecule has 118 valence electrons. The highest BCUT2D eigenvalue weighted by molar-refractivity contribution is 5.57. The zero-order valence-corrected chi connectivity index (χ0v) is 11.6. The molecule has 0 spiro atoms. The van der Waals surface area contributed by atoms with Crippen molar-refractivity contribution in [3.8, 4) is 11.3 Å². The van der Waals surface area contributed by atoms with E-state index < -0.39 is 11.9 Å². The molecule has 4 nitrogen and oxygen atoms in total. The minimum absolute atomic E-state index is 0.327. The first-order valence-corrected chi connectivity index (χ1v) is 6.57. The second kappa shape index (κ2) is 5.79. The van der Waals surface area contributed by atoms with E-state index in [1.54, 1.807) is 16.8 Å². The largest absolute Gasteiger partial charge is 0.433 e. The summed E-state index contributed by atoms with van der Waals surface area (Å²) >= 11 is 0. The van der Waals surface area contributed by atoms with Crippen LogP contribution in [0.1, 0.15) is 11.4 Å². The molecule has 3 aromatic heterocycles. The van der Waals surface area contributed by atoms with Crippen molar-refractivity contribution in [2.75, 3.05) is 0 Å². The van der Waals surface area contributed by atoms with Crippen LogP contribution in [0.15, 0.2) is 49.2 Å². The van der Waals surface area contributed by atoms with Gasteiger partial charge in [-0.05, 0) is 24.3 Å². The minimum atomic E-state index is -4.48. The Morgan fingerprint density at radius 3 is 2.48 bits per heavy atom. The summed E-state index contributed by atoms with van der Waals surface area (Å²) in [7, 11) is 0. The van der Waals surface area contributed by atoms with Crippen molar-refractivity contribution >= 4 is 0 Å². The molecule has 3 rings (SSSR count). The molecular formula is C15H10F4N4. The molecule has 0 atom stereocenters. The Kier molecular flexibility index (Phi) is 3.81. The smallest absolute Gasteiger partial charge is 0.345 e. The lowest BCUT2D eigenvalue weighted by Crippen LogP contribution is -2.07. The van der Waals surface area contributed by atoms with Crippen molar-refractivity contribution in [1.82, 2.24) is 19.5 Å². The van der Waals surface area contributed by atoms with Gasteiger partial charge in [0, 0.05) is 24.2 Å². The van der Waals surface area contributed by atoms with E-state index in [0.717, 1.165) is 12.3 Å². The van der Waals surface area contributed by atoms with Crippen molar-refractivity contribution in [2.45, 2.75) is 12.7 Å². The number of pyridine rings is 1. The van der Waals surface area contributed by atoms with E-state index >= 15 is 0 Å². The maximum absolute atomic E-state index is 13.0. The van der Waals surface area contributed by atoms with Gasteiger partial charge in [-0.3, -0.25) is 4.98 Å². The van der Waals surface area contributed by atoms with E-state index in [9.17, 15) is 17.6 Å². The molecule has 3 heterocycles. The Balaban J connectivity index is 1.84. The highest BCUT2D eigenvalue weighted by Gasteiger charge is 2.32. The normalized spacial score (nSPS) is 11.7. The minimum Gasteiger partial charge on any atom is -0.345 e. The van der Waals surface area contributed by atoms with Crippen LogP contribution in [0.2, 0.25) is 0 Å². The van der Waals surface area contributed by atoms with Crippen molar-refractivity contribution < 1.29 is 17.6 Å². The summed E-state index contributed by atoms with van der Waals surface area (Å²) in [6, 6.07) is 5.15. The number of nitrogens with zero attached hydrogens (tertiary/aromatic N) is 4. The number of rotatable bonds is 3. The Morgan fingerprint density at radius 1 is 1.04 bits per heavy atom. The molecule has 8 heteroatoms. The van der Waals surface area contributed by atoms with Crippen molar-refractivity contribution in [2.24, 2.45) is 0 Å². The Morgan fingerprint density at radius 2 is 1.87 bits per heavy atom. The summed E-state index contributed by atoms with van der Waals surface area (Å²) in [5.41, 5.74) is 0.535. The SMILES string of the molecule is Fc1ccn(Cc2cc(-c3ccc(C(F)(F)F)nc3)ncn2)c1. The van der Waals surface area contributed by atoms with Gasteiger partial charge < -0.3 is 4.57 Å². The van der Waals surface area contributed by atoms with Gasteiger partial charge in [-0.15, -0.1) is 0 Å². The summed E-state index contributed by atoms with van der Waals surface area (Å²) in [6.45, 7) is 0.327. The van der Waals surface area contributed by atoms with E-state index in [-0.39, 0.29) is 5.82 Å². The molecule has 0 saturated heterocycles. The number of halogens is 4. The van der Waals surface area contributed by atoms with Crippen LogP contribution in [0, 0.1) is 5.82 Å². The van der Waals surface area contributed by atoms with Gasteiger partial charge in [-0.2, -0.15) is 13.2 Å². The van der Waals surface area contributed by atoms with Gasteiger partial charge in [0.05, 0.1) is 17.9 Å². The quantitative estimate of drug-likeness (QED) is 0.693. The van der Waals surface area contributed by atoms with Crippen LogP contribution < -0.4 is 0 Å². The van der Waals surface area contributed by atoms with Crippen molar-refractivity contribution in [1.29, 1.82) is 0 Å². The van der Waals surface area contributed by atoms with E-state index in [0.29, 0.717) is 23.5 Å². The average molecular weight is 322 g/mol. The van der Waals surface area contributed by atoms with E-state index in [2.05, 4.69) is 15.0 Å². The molecule has 0 aliphatic heterocycles. The third-order valence-electron chi connectivity index (χ3n) is 3.13. The molecule has 0 aliphatic rings. The topological polar surface area (TPSA) is 43.6 Å². The molecule has 0 saturated carbocycles. The van der Waals surface area contributed by atoms with Crippen LogP contribution in [-0.4, -0.2) is 19.5 Å². The maximum atomic E-state index is 13.0. The average Bonchev–Trinajstić information content (AvgIpc) is 2.92.